The van der Waals surface area contributed by atoms with Crippen molar-refractivity contribution in [3.05, 3.63) is 75.2 Å². The van der Waals surface area contributed by atoms with E-state index in [4.69, 9.17) is 14.0 Å². The van der Waals surface area contributed by atoms with E-state index in [1.54, 1.807) is 25.1 Å². The van der Waals surface area contributed by atoms with Gasteiger partial charge in [0.1, 0.15) is 12.4 Å². The van der Waals surface area contributed by atoms with E-state index in [9.17, 15) is 14.9 Å². The van der Waals surface area contributed by atoms with E-state index in [1.807, 2.05) is 6.92 Å². The molecule has 0 atom stereocenters. The molecule has 0 saturated heterocycles. The second-order valence-electron chi connectivity index (χ2n) is 6.22. The largest absolute Gasteiger partial charge is 0.493 e. The number of benzene rings is 2. The number of nitrogens with one attached hydrogen (secondary N) is 1. The standard InChI is InChI=1S/C20H19N3O6/c1-12-17(13(2)29-22-12)11-28-18-8-7-14(9-19(18)27-3)20(24)21-15-5-4-6-16(10-15)23(25)26/h4-10H,11H2,1-3H3,(H,21,24). The summed E-state index contributed by atoms with van der Waals surface area (Å²) in [5.74, 6) is 1.08. The number of rotatable bonds is 7. The second kappa shape index (κ2) is 8.42. The molecule has 0 radical (unpaired) electrons. The van der Waals surface area contributed by atoms with Gasteiger partial charge in [0.25, 0.3) is 11.6 Å². The number of hydrogen-bond donors (Lipinski definition) is 1. The summed E-state index contributed by atoms with van der Waals surface area (Å²) in [4.78, 5) is 22.9. The lowest BCUT2D eigenvalue weighted by Crippen LogP contribution is -2.12. The molecular formula is C20H19N3O6. The SMILES string of the molecule is COc1cc(C(=O)Nc2cccc([N+](=O)[O-])c2)ccc1OCc1c(C)noc1C. The number of non-ortho nitro benzene ring substituents is 1. The lowest BCUT2D eigenvalue weighted by Gasteiger charge is -2.12. The molecule has 150 valence electrons. The van der Waals surface area contributed by atoms with Gasteiger partial charge >= 0.3 is 0 Å². The van der Waals surface area contributed by atoms with Crippen molar-refractivity contribution in [2.45, 2.75) is 20.5 Å². The number of aryl methyl sites for hydroxylation is 2. The topological polar surface area (TPSA) is 117 Å². The van der Waals surface area contributed by atoms with Crippen molar-refractivity contribution >= 4 is 17.3 Å². The van der Waals surface area contributed by atoms with E-state index in [0.29, 0.717) is 28.5 Å². The van der Waals surface area contributed by atoms with Crippen LogP contribution < -0.4 is 14.8 Å². The zero-order valence-electron chi connectivity index (χ0n) is 16.1. The highest BCUT2D eigenvalue weighted by molar-refractivity contribution is 6.04. The van der Waals surface area contributed by atoms with Crippen LogP contribution in [0.4, 0.5) is 11.4 Å². The Kier molecular flexibility index (Phi) is 5.77. The highest BCUT2D eigenvalue weighted by Gasteiger charge is 2.15. The number of nitrogens with zero attached hydrogens (tertiary/aromatic N) is 2. The Bertz CT molecular complexity index is 1040. The van der Waals surface area contributed by atoms with Crippen molar-refractivity contribution < 1.29 is 23.7 Å². The van der Waals surface area contributed by atoms with Gasteiger partial charge < -0.3 is 19.3 Å². The molecule has 0 saturated carbocycles. The maximum absolute atomic E-state index is 12.5. The quantitative estimate of drug-likeness (QED) is 0.472. The number of carbonyl (C=O) groups excluding carboxylic acids is 1. The average molecular weight is 397 g/mol. The third-order valence-corrected chi connectivity index (χ3v) is 4.29. The Labute approximate surface area is 166 Å². The number of carbonyl (C=O) groups is 1. The number of aromatic nitrogens is 1. The number of nitro benzene ring substituents is 1. The molecule has 1 heterocycles. The van der Waals surface area contributed by atoms with Crippen LogP contribution >= 0.6 is 0 Å². The number of anilines is 1. The predicted octanol–water partition coefficient (Wildman–Crippen LogP) is 4.04. The first-order valence-corrected chi connectivity index (χ1v) is 8.67. The van der Waals surface area contributed by atoms with Gasteiger partial charge in [0, 0.05) is 23.4 Å². The van der Waals surface area contributed by atoms with Crippen LogP contribution in [0.5, 0.6) is 11.5 Å². The molecule has 0 bridgehead atoms. The minimum Gasteiger partial charge on any atom is -0.493 e. The number of amides is 1. The second-order valence-corrected chi connectivity index (χ2v) is 6.22. The molecule has 0 unspecified atom stereocenters. The van der Waals surface area contributed by atoms with Crippen molar-refractivity contribution in [3.63, 3.8) is 0 Å². The van der Waals surface area contributed by atoms with Gasteiger partial charge in [0.15, 0.2) is 11.5 Å². The number of hydrogen-bond acceptors (Lipinski definition) is 7. The summed E-state index contributed by atoms with van der Waals surface area (Å²) in [7, 11) is 1.47. The summed E-state index contributed by atoms with van der Waals surface area (Å²) in [6.45, 7) is 3.88. The minimum absolute atomic E-state index is 0.108. The number of ether oxygens (including phenoxy) is 2. The first-order valence-electron chi connectivity index (χ1n) is 8.67. The number of nitro groups is 1. The van der Waals surface area contributed by atoms with Gasteiger partial charge in [-0.05, 0) is 38.1 Å². The first-order chi connectivity index (χ1) is 13.9. The summed E-state index contributed by atoms with van der Waals surface area (Å²) in [6, 6.07) is 10.5. The highest BCUT2D eigenvalue weighted by Crippen LogP contribution is 2.30. The van der Waals surface area contributed by atoms with Crippen molar-refractivity contribution in [3.8, 4) is 11.5 Å². The Morgan fingerprint density at radius 2 is 2.00 bits per heavy atom. The third-order valence-electron chi connectivity index (χ3n) is 4.29. The van der Waals surface area contributed by atoms with E-state index in [1.165, 1.54) is 31.4 Å². The van der Waals surface area contributed by atoms with Crippen LogP contribution in [0.25, 0.3) is 0 Å². The molecule has 0 fully saturated rings. The van der Waals surface area contributed by atoms with E-state index < -0.39 is 10.8 Å². The van der Waals surface area contributed by atoms with Crippen molar-refractivity contribution in [2.24, 2.45) is 0 Å². The van der Waals surface area contributed by atoms with Gasteiger partial charge in [-0.2, -0.15) is 0 Å². The first kappa shape index (κ1) is 19.9. The van der Waals surface area contributed by atoms with Gasteiger partial charge in [0.2, 0.25) is 0 Å². The van der Waals surface area contributed by atoms with Gasteiger partial charge in [0.05, 0.1) is 23.3 Å². The van der Waals surface area contributed by atoms with Gasteiger partial charge in [-0.15, -0.1) is 0 Å². The van der Waals surface area contributed by atoms with E-state index in [0.717, 1.165) is 11.3 Å². The average Bonchev–Trinajstić information content (AvgIpc) is 3.04. The summed E-state index contributed by atoms with van der Waals surface area (Å²) < 4.78 is 16.2. The van der Waals surface area contributed by atoms with E-state index >= 15 is 0 Å². The summed E-state index contributed by atoms with van der Waals surface area (Å²) in [6.07, 6.45) is 0. The highest BCUT2D eigenvalue weighted by atomic mass is 16.6. The predicted molar refractivity (Wildman–Crippen MR) is 104 cm³/mol. The van der Waals surface area contributed by atoms with Crippen LogP contribution in [0.2, 0.25) is 0 Å². The molecule has 1 aromatic heterocycles. The zero-order valence-corrected chi connectivity index (χ0v) is 16.1. The van der Waals surface area contributed by atoms with Crippen molar-refractivity contribution in [2.75, 3.05) is 12.4 Å². The van der Waals surface area contributed by atoms with Crippen molar-refractivity contribution in [1.29, 1.82) is 0 Å². The Hall–Kier alpha value is -3.88. The lowest BCUT2D eigenvalue weighted by atomic mass is 10.1. The van der Waals surface area contributed by atoms with Crippen LogP contribution in [-0.2, 0) is 6.61 Å². The molecule has 3 rings (SSSR count). The maximum Gasteiger partial charge on any atom is 0.271 e. The molecule has 0 aliphatic heterocycles. The molecule has 0 aliphatic rings. The molecule has 29 heavy (non-hydrogen) atoms. The molecule has 9 heteroatoms. The fourth-order valence-electron chi connectivity index (χ4n) is 2.69. The Morgan fingerprint density at radius 1 is 1.21 bits per heavy atom. The van der Waals surface area contributed by atoms with Crippen LogP contribution in [0.3, 0.4) is 0 Å². The molecule has 3 aromatic rings. The summed E-state index contributed by atoms with van der Waals surface area (Å²) in [5, 5.41) is 17.4. The Morgan fingerprint density at radius 3 is 2.66 bits per heavy atom. The Balaban J connectivity index is 1.74. The summed E-state index contributed by atoms with van der Waals surface area (Å²) in [5.41, 5.74) is 2.12. The molecule has 1 N–H and O–H groups in total. The lowest BCUT2D eigenvalue weighted by molar-refractivity contribution is -0.384. The molecule has 9 nitrogen and oxygen atoms in total. The fraction of sp³-hybridized carbons (Fsp3) is 0.200. The maximum atomic E-state index is 12.5. The zero-order chi connectivity index (χ0) is 21.0. The van der Waals surface area contributed by atoms with Crippen LogP contribution in [0.1, 0.15) is 27.4 Å². The van der Waals surface area contributed by atoms with Gasteiger partial charge in [-0.1, -0.05) is 11.2 Å². The van der Waals surface area contributed by atoms with E-state index in [2.05, 4.69) is 10.5 Å². The van der Waals surface area contributed by atoms with Crippen LogP contribution in [0.15, 0.2) is 47.0 Å². The fourth-order valence-corrected chi connectivity index (χ4v) is 2.69. The van der Waals surface area contributed by atoms with Crippen LogP contribution in [0, 0.1) is 24.0 Å². The van der Waals surface area contributed by atoms with Gasteiger partial charge in [-0.25, -0.2) is 0 Å². The van der Waals surface area contributed by atoms with E-state index in [-0.39, 0.29) is 12.3 Å². The molecular weight excluding hydrogens is 378 g/mol. The smallest absolute Gasteiger partial charge is 0.271 e. The summed E-state index contributed by atoms with van der Waals surface area (Å²) >= 11 is 0. The van der Waals surface area contributed by atoms with Gasteiger partial charge in [-0.3, -0.25) is 14.9 Å². The monoisotopic (exact) mass is 397 g/mol. The minimum atomic E-state index is -0.524. The molecule has 0 spiro atoms. The van der Waals surface area contributed by atoms with Crippen LogP contribution in [-0.4, -0.2) is 23.1 Å². The number of methoxy groups -OCH3 is 1. The molecule has 2 aromatic carbocycles. The normalized spacial score (nSPS) is 10.4. The molecule has 1 amide bonds. The third kappa shape index (κ3) is 4.52. The van der Waals surface area contributed by atoms with Crippen molar-refractivity contribution in [1.82, 2.24) is 5.16 Å². The molecule has 0 aliphatic carbocycles.